The van der Waals surface area contributed by atoms with E-state index in [1.54, 1.807) is 19.2 Å². The number of nitro groups is 1. The largest absolute Gasteiger partial charge is 0.382 e. The van der Waals surface area contributed by atoms with Gasteiger partial charge in [-0.25, -0.2) is 0 Å². The number of benzene rings is 1. The molecule has 1 aromatic carbocycles. The fourth-order valence-corrected chi connectivity index (χ4v) is 3.49. The standard InChI is InChI=1S/C19H30N4O3.HI/c1-3-26-13-12-19(10-4-5-11-19)15-22-18(20-2)21-14-16-6-8-17(9-7-16)23(24)25;/h6-9H,3-5,10-15H2,1-2H3,(H2,20,21,22);1H. The molecule has 0 bridgehead atoms. The molecule has 0 radical (unpaired) electrons. The highest BCUT2D eigenvalue weighted by molar-refractivity contribution is 14.0. The van der Waals surface area contributed by atoms with Crippen LogP contribution < -0.4 is 10.6 Å². The molecule has 0 aromatic heterocycles. The summed E-state index contributed by atoms with van der Waals surface area (Å²) in [4.78, 5) is 14.6. The van der Waals surface area contributed by atoms with E-state index in [1.807, 2.05) is 6.92 Å². The van der Waals surface area contributed by atoms with Crippen LogP contribution in [0.25, 0.3) is 0 Å². The average Bonchev–Trinajstić information content (AvgIpc) is 3.11. The Bertz CT molecular complexity index is 601. The average molecular weight is 490 g/mol. The maximum atomic E-state index is 10.7. The van der Waals surface area contributed by atoms with E-state index in [2.05, 4.69) is 15.6 Å². The van der Waals surface area contributed by atoms with E-state index in [4.69, 9.17) is 4.74 Å². The van der Waals surface area contributed by atoms with E-state index in [-0.39, 0.29) is 34.6 Å². The number of nitrogens with zero attached hydrogens (tertiary/aromatic N) is 2. The first-order valence-corrected chi connectivity index (χ1v) is 9.34. The smallest absolute Gasteiger partial charge is 0.269 e. The van der Waals surface area contributed by atoms with Gasteiger partial charge in [0.15, 0.2) is 5.96 Å². The van der Waals surface area contributed by atoms with Crippen LogP contribution in [-0.4, -0.2) is 37.7 Å². The highest BCUT2D eigenvalue weighted by Crippen LogP contribution is 2.40. The Morgan fingerprint density at radius 1 is 1.26 bits per heavy atom. The number of ether oxygens (including phenoxy) is 1. The summed E-state index contributed by atoms with van der Waals surface area (Å²) < 4.78 is 5.56. The molecule has 2 rings (SSSR count). The van der Waals surface area contributed by atoms with Crippen molar-refractivity contribution in [3.8, 4) is 0 Å². The summed E-state index contributed by atoms with van der Waals surface area (Å²) in [6, 6.07) is 6.57. The molecule has 0 heterocycles. The van der Waals surface area contributed by atoms with E-state index in [1.165, 1.54) is 37.8 Å². The summed E-state index contributed by atoms with van der Waals surface area (Å²) in [5, 5.41) is 17.4. The van der Waals surface area contributed by atoms with Gasteiger partial charge in [-0.05, 0) is 37.2 Å². The third kappa shape index (κ3) is 7.61. The zero-order chi connectivity index (χ0) is 18.8. The lowest BCUT2D eigenvalue weighted by atomic mass is 9.83. The van der Waals surface area contributed by atoms with Gasteiger partial charge >= 0.3 is 0 Å². The molecule has 0 spiro atoms. The second-order valence-corrected chi connectivity index (χ2v) is 6.86. The lowest BCUT2D eigenvalue weighted by molar-refractivity contribution is -0.384. The van der Waals surface area contributed by atoms with Gasteiger partial charge < -0.3 is 15.4 Å². The Morgan fingerprint density at radius 3 is 2.48 bits per heavy atom. The molecule has 27 heavy (non-hydrogen) atoms. The first-order chi connectivity index (χ1) is 12.6. The van der Waals surface area contributed by atoms with Crippen molar-refractivity contribution >= 4 is 35.6 Å². The third-order valence-electron chi connectivity index (χ3n) is 5.11. The number of rotatable bonds is 9. The topological polar surface area (TPSA) is 88.8 Å². The minimum Gasteiger partial charge on any atom is -0.382 e. The molecule has 0 saturated heterocycles. The van der Waals surface area contributed by atoms with Crippen LogP contribution in [0, 0.1) is 15.5 Å². The SMILES string of the molecule is CCOCCC1(CNC(=NC)NCc2ccc([N+](=O)[O-])cc2)CCCC1.I. The summed E-state index contributed by atoms with van der Waals surface area (Å²) in [6.07, 6.45) is 6.09. The predicted molar refractivity (Wildman–Crippen MR) is 119 cm³/mol. The number of non-ortho nitro benzene ring substituents is 1. The summed E-state index contributed by atoms with van der Waals surface area (Å²) >= 11 is 0. The summed E-state index contributed by atoms with van der Waals surface area (Å²) in [5.74, 6) is 0.756. The molecular weight excluding hydrogens is 459 g/mol. The highest BCUT2D eigenvalue weighted by Gasteiger charge is 2.33. The van der Waals surface area contributed by atoms with Crippen LogP contribution in [0.1, 0.15) is 44.6 Å². The van der Waals surface area contributed by atoms with E-state index in [0.717, 1.165) is 37.7 Å². The van der Waals surface area contributed by atoms with Crippen molar-refractivity contribution in [2.24, 2.45) is 10.4 Å². The molecule has 7 nitrogen and oxygen atoms in total. The monoisotopic (exact) mass is 490 g/mol. The highest BCUT2D eigenvalue weighted by atomic mass is 127. The molecule has 1 aliphatic carbocycles. The van der Waals surface area contributed by atoms with Gasteiger partial charge in [-0.2, -0.15) is 0 Å². The van der Waals surface area contributed by atoms with Crippen molar-refractivity contribution in [2.45, 2.75) is 45.6 Å². The van der Waals surface area contributed by atoms with E-state index < -0.39 is 0 Å². The lowest BCUT2D eigenvalue weighted by Crippen LogP contribution is -2.43. The maximum Gasteiger partial charge on any atom is 0.269 e. The van der Waals surface area contributed by atoms with Gasteiger partial charge in [0.05, 0.1) is 4.92 Å². The Balaban J connectivity index is 0.00000364. The predicted octanol–water partition coefficient (Wildman–Crippen LogP) is 3.86. The van der Waals surface area contributed by atoms with Crippen molar-refractivity contribution in [2.75, 3.05) is 26.8 Å². The molecule has 0 aliphatic heterocycles. The summed E-state index contributed by atoms with van der Waals surface area (Å²) in [6.45, 7) is 5.07. The molecule has 0 amide bonds. The molecule has 0 unspecified atom stereocenters. The van der Waals surface area contributed by atoms with E-state index in [0.29, 0.717) is 12.0 Å². The van der Waals surface area contributed by atoms with Gasteiger partial charge in [0.1, 0.15) is 0 Å². The van der Waals surface area contributed by atoms with Crippen molar-refractivity contribution in [1.82, 2.24) is 10.6 Å². The van der Waals surface area contributed by atoms with Crippen LogP contribution in [0.4, 0.5) is 5.69 Å². The number of nitrogens with one attached hydrogen (secondary N) is 2. The minimum absolute atomic E-state index is 0. The Labute approximate surface area is 178 Å². The normalized spacial score (nSPS) is 15.9. The van der Waals surface area contributed by atoms with Crippen LogP contribution >= 0.6 is 24.0 Å². The van der Waals surface area contributed by atoms with Crippen LogP contribution in [-0.2, 0) is 11.3 Å². The quantitative estimate of drug-likeness (QED) is 0.137. The van der Waals surface area contributed by atoms with Crippen LogP contribution in [0.3, 0.4) is 0 Å². The third-order valence-corrected chi connectivity index (χ3v) is 5.11. The van der Waals surface area contributed by atoms with Crippen molar-refractivity contribution in [3.63, 3.8) is 0 Å². The van der Waals surface area contributed by atoms with Gasteiger partial charge in [0, 0.05) is 45.5 Å². The van der Waals surface area contributed by atoms with Gasteiger partial charge in [-0.1, -0.05) is 25.0 Å². The zero-order valence-electron chi connectivity index (χ0n) is 16.2. The number of nitro benzene ring substituents is 1. The van der Waals surface area contributed by atoms with Gasteiger partial charge in [-0.3, -0.25) is 15.1 Å². The van der Waals surface area contributed by atoms with Gasteiger partial charge in [0.25, 0.3) is 5.69 Å². The van der Waals surface area contributed by atoms with Crippen molar-refractivity contribution in [1.29, 1.82) is 0 Å². The lowest BCUT2D eigenvalue weighted by Gasteiger charge is -2.30. The molecule has 1 fully saturated rings. The molecule has 1 aliphatic rings. The molecule has 0 atom stereocenters. The molecule has 1 saturated carbocycles. The Kier molecular flexibility index (Phi) is 10.6. The molecular formula is C19H31IN4O3. The Morgan fingerprint density at radius 2 is 1.93 bits per heavy atom. The molecule has 152 valence electrons. The van der Waals surface area contributed by atoms with E-state index in [9.17, 15) is 10.1 Å². The minimum atomic E-state index is -0.388. The van der Waals surface area contributed by atoms with Gasteiger partial charge in [0.2, 0.25) is 0 Å². The maximum absolute atomic E-state index is 10.7. The molecule has 1 aromatic rings. The molecule has 8 heteroatoms. The fourth-order valence-electron chi connectivity index (χ4n) is 3.49. The number of halogens is 1. The van der Waals surface area contributed by atoms with Crippen LogP contribution in [0.2, 0.25) is 0 Å². The number of guanidine groups is 1. The van der Waals surface area contributed by atoms with E-state index >= 15 is 0 Å². The summed E-state index contributed by atoms with van der Waals surface area (Å²) in [5.41, 5.74) is 1.37. The fraction of sp³-hybridized carbons (Fsp3) is 0.632. The van der Waals surface area contributed by atoms with Crippen LogP contribution in [0.15, 0.2) is 29.3 Å². The molecule has 2 N–H and O–H groups in total. The second-order valence-electron chi connectivity index (χ2n) is 6.86. The van der Waals surface area contributed by atoms with Crippen molar-refractivity contribution < 1.29 is 9.66 Å². The number of hydrogen-bond donors (Lipinski definition) is 2. The first-order valence-electron chi connectivity index (χ1n) is 9.34. The first kappa shape index (κ1) is 23.6. The second kappa shape index (κ2) is 12.1. The van der Waals surface area contributed by atoms with Crippen molar-refractivity contribution in [3.05, 3.63) is 39.9 Å². The number of aliphatic imine (C=N–C) groups is 1. The van der Waals surface area contributed by atoms with Crippen LogP contribution in [0.5, 0.6) is 0 Å². The zero-order valence-corrected chi connectivity index (χ0v) is 18.5. The van der Waals surface area contributed by atoms with Gasteiger partial charge in [-0.15, -0.1) is 24.0 Å². The summed E-state index contributed by atoms with van der Waals surface area (Å²) in [7, 11) is 1.76. The number of hydrogen-bond acceptors (Lipinski definition) is 4. The Hall–Kier alpha value is -1.42.